The van der Waals surface area contributed by atoms with Gasteiger partial charge in [-0.05, 0) is 38.8 Å². The van der Waals surface area contributed by atoms with Crippen LogP contribution in [0.15, 0.2) is 18.2 Å². The Bertz CT molecular complexity index is 702. The van der Waals surface area contributed by atoms with Gasteiger partial charge in [-0.15, -0.1) is 0 Å². The van der Waals surface area contributed by atoms with Gasteiger partial charge in [-0.1, -0.05) is 6.07 Å². The summed E-state index contributed by atoms with van der Waals surface area (Å²) in [7, 11) is 0. The molecule has 1 aromatic rings. The van der Waals surface area contributed by atoms with Crippen molar-refractivity contribution in [3.8, 4) is 5.75 Å². The van der Waals surface area contributed by atoms with Crippen molar-refractivity contribution in [2.75, 3.05) is 11.9 Å². The van der Waals surface area contributed by atoms with E-state index in [0.717, 1.165) is 0 Å². The van der Waals surface area contributed by atoms with Crippen LogP contribution in [0.5, 0.6) is 5.75 Å². The third-order valence-corrected chi connectivity index (χ3v) is 4.73. The third kappa shape index (κ3) is 2.70. The van der Waals surface area contributed by atoms with Crippen LogP contribution in [0.4, 0.5) is 5.69 Å². The molecule has 0 saturated carbocycles. The van der Waals surface area contributed by atoms with Crippen LogP contribution in [-0.4, -0.2) is 46.5 Å². The number of nitrogens with one attached hydrogen (secondary N) is 1. The smallest absolute Gasteiger partial charge is 0.308 e. The highest BCUT2D eigenvalue weighted by molar-refractivity contribution is 6.04. The molecule has 7 heteroatoms. The van der Waals surface area contributed by atoms with Crippen LogP contribution in [0, 0.1) is 5.92 Å². The lowest BCUT2D eigenvalue weighted by atomic mass is 9.89. The number of ether oxygens (including phenoxy) is 1. The fraction of sp³-hybridized carbons (Fsp3) is 0.471. The van der Waals surface area contributed by atoms with E-state index in [-0.39, 0.29) is 11.8 Å². The molecule has 2 heterocycles. The SMILES string of the molecule is CC1Oc2c(cccc2C(=O)N2CCC[C@H](C(=O)O)[C@@H]2C)NC1=O. The van der Waals surface area contributed by atoms with Gasteiger partial charge in [0.2, 0.25) is 0 Å². The Labute approximate surface area is 139 Å². The number of hydrogen-bond donors (Lipinski definition) is 2. The first-order chi connectivity index (χ1) is 11.4. The highest BCUT2D eigenvalue weighted by Crippen LogP contribution is 2.35. The van der Waals surface area contributed by atoms with Gasteiger partial charge in [-0.2, -0.15) is 0 Å². The first kappa shape index (κ1) is 16.3. The fourth-order valence-electron chi connectivity index (χ4n) is 3.31. The summed E-state index contributed by atoms with van der Waals surface area (Å²) >= 11 is 0. The molecule has 2 N–H and O–H groups in total. The van der Waals surface area contributed by atoms with Crippen LogP contribution >= 0.6 is 0 Å². The van der Waals surface area contributed by atoms with Gasteiger partial charge < -0.3 is 20.1 Å². The lowest BCUT2D eigenvalue weighted by Gasteiger charge is -2.38. The number of piperidine rings is 1. The zero-order valence-corrected chi connectivity index (χ0v) is 13.6. The van der Waals surface area contributed by atoms with E-state index < -0.39 is 24.0 Å². The van der Waals surface area contributed by atoms with Gasteiger partial charge in [0.05, 0.1) is 17.2 Å². The summed E-state index contributed by atoms with van der Waals surface area (Å²) in [6.07, 6.45) is 0.532. The summed E-state index contributed by atoms with van der Waals surface area (Å²) in [6, 6.07) is 4.60. The van der Waals surface area contributed by atoms with Crippen LogP contribution < -0.4 is 10.1 Å². The highest BCUT2D eigenvalue weighted by Gasteiger charge is 2.37. The van der Waals surface area contributed by atoms with Gasteiger partial charge in [-0.3, -0.25) is 14.4 Å². The Hall–Kier alpha value is -2.57. The van der Waals surface area contributed by atoms with Crippen molar-refractivity contribution in [2.24, 2.45) is 5.92 Å². The molecule has 1 saturated heterocycles. The van der Waals surface area contributed by atoms with Gasteiger partial charge >= 0.3 is 5.97 Å². The largest absolute Gasteiger partial charge is 0.481 e. The molecule has 2 amide bonds. The second kappa shape index (κ2) is 6.14. The maximum Gasteiger partial charge on any atom is 0.308 e. The van der Waals surface area contributed by atoms with Gasteiger partial charge in [0, 0.05) is 12.6 Å². The number of likely N-dealkylation sites (tertiary alicyclic amines) is 1. The molecule has 2 aliphatic rings. The molecule has 24 heavy (non-hydrogen) atoms. The third-order valence-electron chi connectivity index (χ3n) is 4.73. The lowest BCUT2D eigenvalue weighted by molar-refractivity contribution is -0.145. The molecule has 3 rings (SSSR count). The number of amides is 2. The number of nitrogens with zero attached hydrogens (tertiary/aromatic N) is 1. The number of carbonyl (C=O) groups excluding carboxylic acids is 2. The number of carboxylic acids is 1. The second-order valence-electron chi connectivity index (χ2n) is 6.26. The minimum atomic E-state index is -0.882. The monoisotopic (exact) mass is 332 g/mol. The van der Waals surface area contributed by atoms with Crippen LogP contribution in [0.25, 0.3) is 0 Å². The molecule has 3 atom stereocenters. The predicted molar refractivity (Wildman–Crippen MR) is 86.0 cm³/mol. The van der Waals surface area contributed by atoms with E-state index in [0.29, 0.717) is 36.4 Å². The average Bonchev–Trinajstić information content (AvgIpc) is 2.55. The molecule has 2 aliphatic heterocycles. The average molecular weight is 332 g/mol. The number of fused-ring (bicyclic) bond motifs is 1. The summed E-state index contributed by atoms with van der Waals surface area (Å²) in [6.45, 7) is 3.88. The van der Waals surface area contributed by atoms with Gasteiger partial charge in [0.15, 0.2) is 11.9 Å². The van der Waals surface area contributed by atoms with Crippen molar-refractivity contribution in [1.82, 2.24) is 4.90 Å². The van der Waals surface area contributed by atoms with E-state index in [4.69, 9.17) is 4.74 Å². The summed E-state index contributed by atoms with van der Waals surface area (Å²) in [5, 5.41) is 12.0. The van der Waals surface area contributed by atoms with E-state index in [1.54, 1.807) is 36.9 Å². The van der Waals surface area contributed by atoms with Crippen LogP contribution in [0.3, 0.4) is 0 Å². The number of anilines is 1. The first-order valence-corrected chi connectivity index (χ1v) is 8.04. The Kier molecular flexibility index (Phi) is 4.17. The summed E-state index contributed by atoms with van der Waals surface area (Å²) in [5.74, 6) is -1.63. The topological polar surface area (TPSA) is 95.9 Å². The number of rotatable bonds is 2. The highest BCUT2D eigenvalue weighted by atomic mass is 16.5. The van der Waals surface area contributed by atoms with E-state index in [2.05, 4.69) is 5.32 Å². The Morgan fingerprint density at radius 3 is 2.79 bits per heavy atom. The standard InChI is InChI=1S/C17H20N2O5/c1-9-11(17(22)23)6-4-8-19(9)16(21)12-5-3-7-13-14(12)24-10(2)15(20)18-13/h3,5,7,9-11H,4,6,8H2,1-2H3,(H,18,20)(H,22,23)/t9-,10?,11-/m0/s1. The summed E-state index contributed by atoms with van der Waals surface area (Å²) < 4.78 is 5.62. The number of hydrogen-bond acceptors (Lipinski definition) is 4. The molecule has 1 unspecified atom stereocenters. The molecule has 1 fully saturated rings. The van der Waals surface area contributed by atoms with Crippen molar-refractivity contribution in [2.45, 2.75) is 38.8 Å². The number of para-hydroxylation sites is 1. The maximum atomic E-state index is 13.0. The van der Waals surface area contributed by atoms with Crippen molar-refractivity contribution < 1.29 is 24.2 Å². The zero-order chi connectivity index (χ0) is 17.4. The number of benzene rings is 1. The Morgan fingerprint density at radius 1 is 1.33 bits per heavy atom. The zero-order valence-electron chi connectivity index (χ0n) is 13.6. The Balaban J connectivity index is 1.92. The van der Waals surface area contributed by atoms with Crippen LogP contribution in [0.1, 0.15) is 37.0 Å². The summed E-state index contributed by atoms with van der Waals surface area (Å²) in [5.41, 5.74) is 0.806. The molecule has 0 aromatic heterocycles. The van der Waals surface area contributed by atoms with E-state index in [9.17, 15) is 19.5 Å². The maximum absolute atomic E-state index is 13.0. The molecule has 0 radical (unpaired) electrons. The molecular weight excluding hydrogens is 312 g/mol. The van der Waals surface area contributed by atoms with E-state index in [1.807, 2.05) is 0 Å². The molecule has 0 spiro atoms. The van der Waals surface area contributed by atoms with Crippen LogP contribution in [0.2, 0.25) is 0 Å². The lowest BCUT2D eigenvalue weighted by Crippen LogP contribution is -2.49. The van der Waals surface area contributed by atoms with Gasteiger partial charge in [-0.25, -0.2) is 0 Å². The van der Waals surface area contributed by atoms with Crippen LogP contribution in [-0.2, 0) is 9.59 Å². The van der Waals surface area contributed by atoms with Gasteiger partial charge in [0.1, 0.15) is 0 Å². The molecule has 0 bridgehead atoms. The molecule has 0 aliphatic carbocycles. The number of carboxylic acid groups (broad SMARTS) is 1. The molecule has 128 valence electrons. The normalized spacial score (nSPS) is 26.2. The first-order valence-electron chi connectivity index (χ1n) is 8.04. The predicted octanol–water partition coefficient (Wildman–Crippen LogP) is 1.73. The Morgan fingerprint density at radius 2 is 2.08 bits per heavy atom. The number of carbonyl (C=O) groups is 3. The van der Waals surface area contributed by atoms with Gasteiger partial charge in [0.25, 0.3) is 11.8 Å². The van der Waals surface area contributed by atoms with Crippen molar-refractivity contribution in [3.05, 3.63) is 23.8 Å². The van der Waals surface area contributed by atoms with E-state index >= 15 is 0 Å². The summed E-state index contributed by atoms with van der Waals surface area (Å²) in [4.78, 5) is 37.6. The van der Waals surface area contributed by atoms with E-state index in [1.165, 1.54) is 0 Å². The minimum absolute atomic E-state index is 0.260. The molecular formula is C17H20N2O5. The van der Waals surface area contributed by atoms with Crippen molar-refractivity contribution in [1.29, 1.82) is 0 Å². The molecule has 7 nitrogen and oxygen atoms in total. The molecule has 1 aromatic carbocycles. The second-order valence-corrected chi connectivity index (χ2v) is 6.26. The number of aliphatic carboxylic acids is 1. The minimum Gasteiger partial charge on any atom is -0.481 e. The van der Waals surface area contributed by atoms with Crippen molar-refractivity contribution >= 4 is 23.5 Å². The van der Waals surface area contributed by atoms with Crippen molar-refractivity contribution in [3.63, 3.8) is 0 Å². The quantitative estimate of drug-likeness (QED) is 0.860. The fourth-order valence-corrected chi connectivity index (χ4v) is 3.31.